The molecule has 0 spiro atoms. The second kappa shape index (κ2) is 4.31. The Morgan fingerprint density at radius 1 is 1.00 bits per heavy atom. The molecule has 0 saturated heterocycles. The first-order chi connectivity index (χ1) is 10.2. The molecule has 4 aromatic rings. The van der Waals surface area contributed by atoms with Crippen molar-refractivity contribution >= 4 is 21.9 Å². The van der Waals surface area contributed by atoms with Gasteiger partial charge in [-0.1, -0.05) is 0 Å². The zero-order valence-electron chi connectivity index (χ0n) is 10.6. The van der Waals surface area contributed by atoms with Crippen LogP contribution in [0.2, 0.25) is 0 Å². The Hall–Kier alpha value is -2.89. The third-order valence-corrected chi connectivity index (χ3v) is 3.34. The smallest absolute Gasteiger partial charge is 0.222 e. The van der Waals surface area contributed by atoms with Gasteiger partial charge in [0.2, 0.25) is 5.95 Å². The molecular formula is C15H8F2N4. The highest BCUT2D eigenvalue weighted by Gasteiger charge is 2.12. The van der Waals surface area contributed by atoms with Crippen LogP contribution in [0.1, 0.15) is 0 Å². The summed E-state index contributed by atoms with van der Waals surface area (Å²) in [6, 6.07) is 6.37. The van der Waals surface area contributed by atoms with Crippen molar-refractivity contribution in [1.82, 2.24) is 19.9 Å². The normalized spacial score (nSPS) is 11.3. The van der Waals surface area contributed by atoms with Gasteiger partial charge in [0, 0.05) is 23.2 Å². The zero-order chi connectivity index (χ0) is 14.4. The molecule has 0 aliphatic carbocycles. The number of hydrogen-bond acceptors (Lipinski definition) is 3. The van der Waals surface area contributed by atoms with Crippen molar-refractivity contribution in [3.63, 3.8) is 0 Å². The van der Waals surface area contributed by atoms with E-state index >= 15 is 0 Å². The van der Waals surface area contributed by atoms with Crippen molar-refractivity contribution in [2.45, 2.75) is 0 Å². The maximum atomic E-state index is 13.7. The number of halogens is 2. The van der Waals surface area contributed by atoms with E-state index in [-0.39, 0.29) is 5.56 Å². The molecule has 0 amide bonds. The summed E-state index contributed by atoms with van der Waals surface area (Å²) >= 11 is 0. The van der Waals surface area contributed by atoms with Crippen molar-refractivity contribution in [1.29, 1.82) is 0 Å². The standard InChI is InChI=1S/C15H8F2N4/c16-8-5-10(14(17)19-6-8)12-2-1-9-11-7-18-4-3-13(11)21-15(9)20-12/h1-7H,(H,20,21)/i16+0,17-1. The molecular weight excluding hydrogens is 273 g/mol. The SMILES string of the molecule is [18F]c1ncc([19F])cc1-c1ccc2c(n1)[nH]c1ccncc12. The first kappa shape index (κ1) is 11.9. The number of rotatable bonds is 1. The number of pyridine rings is 3. The van der Waals surface area contributed by atoms with E-state index < -0.39 is 11.8 Å². The van der Waals surface area contributed by atoms with Gasteiger partial charge in [0.1, 0.15) is 11.5 Å². The van der Waals surface area contributed by atoms with E-state index in [1.807, 2.05) is 12.1 Å². The molecule has 4 nitrogen and oxygen atoms in total. The fourth-order valence-electron chi connectivity index (χ4n) is 2.37. The topological polar surface area (TPSA) is 54.5 Å². The number of fused-ring (bicyclic) bond motifs is 3. The van der Waals surface area contributed by atoms with Crippen LogP contribution in [0.25, 0.3) is 33.2 Å². The summed E-state index contributed by atoms with van der Waals surface area (Å²) in [6.45, 7) is 0. The lowest BCUT2D eigenvalue weighted by Gasteiger charge is -2.02. The molecule has 0 atom stereocenters. The average Bonchev–Trinajstić information content (AvgIpc) is 2.87. The minimum atomic E-state index is -0.749. The van der Waals surface area contributed by atoms with Crippen molar-refractivity contribution in [3.05, 3.63) is 54.6 Å². The largest absolute Gasteiger partial charge is 0.339 e. The highest BCUT2D eigenvalue weighted by atomic mass is 19.1. The van der Waals surface area contributed by atoms with Gasteiger partial charge in [0.15, 0.2) is 0 Å². The molecule has 0 radical (unpaired) electrons. The Balaban J connectivity index is 1.98. The fourth-order valence-corrected chi connectivity index (χ4v) is 2.37. The monoisotopic (exact) mass is 281 g/mol. The fraction of sp³-hybridized carbons (Fsp3) is 0. The zero-order valence-corrected chi connectivity index (χ0v) is 10.6. The molecule has 4 aromatic heterocycles. The van der Waals surface area contributed by atoms with E-state index in [4.69, 9.17) is 0 Å². The number of aromatic amines is 1. The van der Waals surface area contributed by atoms with Crippen molar-refractivity contribution < 1.29 is 8.78 Å². The maximum absolute atomic E-state index is 13.7. The van der Waals surface area contributed by atoms with E-state index in [2.05, 4.69) is 19.9 Å². The van der Waals surface area contributed by atoms with Crippen molar-refractivity contribution in [3.8, 4) is 11.3 Å². The van der Waals surface area contributed by atoms with Gasteiger partial charge in [-0.05, 0) is 24.3 Å². The van der Waals surface area contributed by atoms with Gasteiger partial charge in [0.05, 0.1) is 23.0 Å². The van der Waals surface area contributed by atoms with Crippen molar-refractivity contribution in [2.75, 3.05) is 0 Å². The van der Waals surface area contributed by atoms with Gasteiger partial charge >= 0.3 is 0 Å². The van der Waals surface area contributed by atoms with Crippen LogP contribution in [-0.4, -0.2) is 19.9 Å². The van der Waals surface area contributed by atoms with Crippen molar-refractivity contribution in [2.24, 2.45) is 0 Å². The summed E-state index contributed by atoms with van der Waals surface area (Å²) in [7, 11) is 0. The summed E-state index contributed by atoms with van der Waals surface area (Å²) in [6.07, 6.45) is 4.25. The molecule has 0 aliphatic heterocycles. The number of hydrogen-bond donors (Lipinski definition) is 1. The van der Waals surface area contributed by atoms with Gasteiger partial charge in [-0.25, -0.2) is 14.4 Å². The van der Waals surface area contributed by atoms with Gasteiger partial charge in [-0.2, -0.15) is 4.39 Å². The Morgan fingerprint density at radius 2 is 1.90 bits per heavy atom. The summed E-state index contributed by atoms with van der Waals surface area (Å²) in [5.74, 6) is -1.35. The lowest BCUT2D eigenvalue weighted by Crippen LogP contribution is -1.93. The molecule has 0 aromatic carbocycles. The van der Waals surface area contributed by atoms with Gasteiger partial charge < -0.3 is 4.98 Å². The molecule has 0 fully saturated rings. The average molecular weight is 281 g/mol. The van der Waals surface area contributed by atoms with Crippen LogP contribution < -0.4 is 0 Å². The summed E-state index contributed by atoms with van der Waals surface area (Å²) in [4.78, 5) is 14.9. The quantitative estimate of drug-likeness (QED) is 0.544. The molecule has 4 heterocycles. The predicted molar refractivity (Wildman–Crippen MR) is 74.5 cm³/mol. The lowest BCUT2D eigenvalue weighted by molar-refractivity contribution is 0.563. The minimum absolute atomic E-state index is 0.0358. The summed E-state index contributed by atoms with van der Waals surface area (Å²) in [5.41, 5.74) is 1.85. The van der Waals surface area contributed by atoms with Crippen LogP contribution in [0.15, 0.2) is 42.9 Å². The Kier molecular flexibility index (Phi) is 2.44. The second-order valence-corrected chi connectivity index (χ2v) is 4.63. The highest BCUT2D eigenvalue weighted by molar-refractivity contribution is 6.05. The molecule has 4 rings (SSSR count). The number of aromatic nitrogens is 4. The summed E-state index contributed by atoms with van der Waals surface area (Å²) < 4.78 is 27.0. The lowest BCUT2D eigenvalue weighted by atomic mass is 10.1. The van der Waals surface area contributed by atoms with E-state index in [1.54, 1.807) is 18.5 Å². The third-order valence-electron chi connectivity index (χ3n) is 3.34. The molecule has 102 valence electrons. The minimum Gasteiger partial charge on any atom is -0.339 e. The Bertz CT molecular complexity index is 978. The third kappa shape index (κ3) is 1.84. The predicted octanol–water partition coefficient (Wildman–Crippen LogP) is 3.45. The summed E-state index contributed by atoms with van der Waals surface area (Å²) in [5, 5.41) is 1.82. The van der Waals surface area contributed by atoms with Crippen LogP contribution >= 0.6 is 0 Å². The van der Waals surface area contributed by atoms with Crippen LogP contribution in [0.5, 0.6) is 0 Å². The molecule has 0 bridgehead atoms. The number of nitrogens with one attached hydrogen (secondary N) is 1. The first-order valence-electron chi connectivity index (χ1n) is 6.26. The molecule has 0 aliphatic rings. The van der Waals surface area contributed by atoms with Gasteiger partial charge in [-0.15, -0.1) is 0 Å². The van der Waals surface area contributed by atoms with E-state index in [1.165, 1.54) is 0 Å². The van der Waals surface area contributed by atoms with Crippen LogP contribution in [0, 0.1) is 11.8 Å². The van der Waals surface area contributed by atoms with Gasteiger partial charge in [-0.3, -0.25) is 4.98 Å². The maximum Gasteiger partial charge on any atom is 0.222 e. The Labute approximate surface area is 117 Å². The molecule has 6 heteroatoms. The van der Waals surface area contributed by atoms with Crippen LogP contribution in [-0.2, 0) is 0 Å². The molecule has 21 heavy (non-hydrogen) atoms. The molecule has 0 unspecified atom stereocenters. The van der Waals surface area contributed by atoms with E-state index in [9.17, 15) is 8.78 Å². The number of nitrogens with zero attached hydrogens (tertiary/aromatic N) is 3. The van der Waals surface area contributed by atoms with E-state index in [0.29, 0.717) is 11.3 Å². The first-order valence-corrected chi connectivity index (χ1v) is 6.26. The van der Waals surface area contributed by atoms with Gasteiger partial charge in [0.25, 0.3) is 0 Å². The van der Waals surface area contributed by atoms with E-state index in [0.717, 1.165) is 28.6 Å². The Morgan fingerprint density at radius 3 is 2.81 bits per heavy atom. The molecule has 1 N–H and O–H groups in total. The van der Waals surface area contributed by atoms with Crippen LogP contribution in [0.4, 0.5) is 8.78 Å². The second-order valence-electron chi connectivity index (χ2n) is 4.63. The number of H-pyrrole nitrogens is 1. The molecule has 0 saturated carbocycles. The highest BCUT2D eigenvalue weighted by Crippen LogP contribution is 2.27. The van der Waals surface area contributed by atoms with Crippen LogP contribution in [0.3, 0.4) is 0 Å².